The molecule has 0 aliphatic rings. The normalized spacial score (nSPS) is 11.8. The van der Waals surface area contributed by atoms with E-state index in [0.717, 1.165) is 11.6 Å². The molecule has 166 valence electrons. The summed E-state index contributed by atoms with van der Waals surface area (Å²) in [7, 11) is 0. The van der Waals surface area contributed by atoms with Crippen molar-refractivity contribution in [2.75, 3.05) is 5.32 Å². The molecule has 0 unspecified atom stereocenters. The largest absolute Gasteiger partial charge is 0.433 e. The van der Waals surface area contributed by atoms with Crippen LogP contribution >= 0.6 is 39.1 Å². The van der Waals surface area contributed by atoms with Crippen LogP contribution in [0.1, 0.15) is 27.4 Å². The third-order valence-corrected chi connectivity index (χ3v) is 5.70. The Balaban J connectivity index is 1.64. The van der Waals surface area contributed by atoms with Gasteiger partial charge in [0.15, 0.2) is 17.2 Å². The predicted molar refractivity (Wildman–Crippen MR) is 116 cm³/mol. The number of benzene rings is 1. The highest BCUT2D eigenvalue weighted by atomic mass is 79.9. The van der Waals surface area contributed by atoms with Gasteiger partial charge in [-0.1, -0.05) is 41.4 Å². The lowest BCUT2D eigenvalue weighted by atomic mass is 10.2. The van der Waals surface area contributed by atoms with Crippen LogP contribution in [0, 0.1) is 6.92 Å². The highest BCUT2D eigenvalue weighted by molar-refractivity contribution is 9.10. The molecule has 0 fully saturated rings. The summed E-state index contributed by atoms with van der Waals surface area (Å²) in [4.78, 5) is 16.7. The number of hydrogen-bond donors (Lipinski definition) is 1. The molecule has 13 heteroatoms. The molecule has 1 amide bonds. The first-order valence-corrected chi connectivity index (χ1v) is 10.5. The first kappa shape index (κ1) is 22.6. The van der Waals surface area contributed by atoms with Crippen molar-refractivity contribution in [3.05, 3.63) is 73.7 Å². The Bertz CT molecular complexity index is 1350. The van der Waals surface area contributed by atoms with Gasteiger partial charge in [-0.2, -0.15) is 23.4 Å². The number of anilines is 1. The average Bonchev–Trinajstić information content (AvgIpc) is 3.22. The van der Waals surface area contributed by atoms with E-state index >= 15 is 0 Å². The monoisotopic (exact) mass is 546 g/mol. The molecule has 4 aromatic rings. The summed E-state index contributed by atoms with van der Waals surface area (Å²) < 4.78 is 42.7. The summed E-state index contributed by atoms with van der Waals surface area (Å²) in [5.74, 6) is -0.703. The van der Waals surface area contributed by atoms with Crippen molar-refractivity contribution in [3.8, 4) is 0 Å². The predicted octanol–water partition coefficient (Wildman–Crippen LogP) is 5.62. The molecule has 7 nitrogen and oxygen atoms in total. The zero-order valence-electron chi connectivity index (χ0n) is 16.1. The third kappa shape index (κ3) is 4.32. The van der Waals surface area contributed by atoms with Crippen molar-refractivity contribution in [3.63, 3.8) is 0 Å². The van der Waals surface area contributed by atoms with Gasteiger partial charge in [0.05, 0.1) is 11.0 Å². The van der Waals surface area contributed by atoms with Gasteiger partial charge in [0, 0.05) is 16.9 Å². The van der Waals surface area contributed by atoms with Crippen molar-refractivity contribution in [1.82, 2.24) is 24.4 Å². The summed E-state index contributed by atoms with van der Waals surface area (Å²) in [5.41, 5.74) is -0.882. The molecule has 3 heterocycles. The second-order valence-corrected chi connectivity index (χ2v) is 8.39. The summed E-state index contributed by atoms with van der Waals surface area (Å²) in [6.07, 6.45) is -3.09. The van der Waals surface area contributed by atoms with E-state index in [9.17, 15) is 18.0 Å². The van der Waals surface area contributed by atoms with E-state index in [2.05, 4.69) is 36.4 Å². The highest BCUT2D eigenvalue weighted by Gasteiger charge is 2.36. The van der Waals surface area contributed by atoms with Gasteiger partial charge >= 0.3 is 6.18 Å². The minimum absolute atomic E-state index is 0.0830. The maximum atomic E-state index is 13.4. The van der Waals surface area contributed by atoms with Gasteiger partial charge in [0.2, 0.25) is 0 Å². The molecule has 0 saturated carbocycles. The van der Waals surface area contributed by atoms with Crippen LogP contribution in [0.3, 0.4) is 0 Å². The standard InChI is InChI=1S/C19H12BrCl2F3N6O/c1-9-6-13(19(23,24)25)31-17(26-9)14(22)15(28-31)18(32)27-16-11(20)8-30(29-16)7-10-4-2-3-5-12(10)21/h2-6,8H,7H2,1H3,(H,27,29,32). The Morgan fingerprint density at radius 1 is 1.22 bits per heavy atom. The highest BCUT2D eigenvalue weighted by Crippen LogP contribution is 2.32. The number of nitrogens with one attached hydrogen (secondary N) is 1. The number of carbonyl (C=O) groups is 1. The van der Waals surface area contributed by atoms with Crippen molar-refractivity contribution in [1.29, 1.82) is 0 Å². The van der Waals surface area contributed by atoms with E-state index in [1.807, 2.05) is 12.1 Å². The summed E-state index contributed by atoms with van der Waals surface area (Å²) in [6, 6.07) is 8.04. The van der Waals surface area contributed by atoms with E-state index < -0.39 is 23.5 Å². The van der Waals surface area contributed by atoms with E-state index in [0.29, 0.717) is 20.6 Å². The molecule has 1 aromatic carbocycles. The second kappa shape index (κ2) is 8.38. The van der Waals surface area contributed by atoms with E-state index in [4.69, 9.17) is 23.2 Å². The van der Waals surface area contributed by atoms with Gasteiger partial charge in [-0.15, -0.1) is 0 Å². The summed E-state index contributed by atoms with van der Waals surface area (Å²) in [5, 5.41) is 10.8. The molecule has 32 heavy (non-hydrogen) atoms. The summed E-state index contributed by atoms with van der Waals surface area (Å²) >= 11 is 15.6. The number of aromatic nitrogens is 5. The lowest BCUT2D eigenvalue weighted by molar-refractivity contribution is -0.142. The van der Waals surface area contributed by atoms with Gasteiger partial charge in [-0.25, -0.2) is 9.50 Å². The molecule has 3 aromatic heterocycles. The Morgan fingerprint density at radius 3 is 2.62 bits per heavy atom. The van der Waals surface area contributed by atoms with Gasteiger partial charge < -0.3 is 5.32 Å². The molecule has 1 N–H and O–H groups in total. The molecular weight excluding hydrogens is 536 g/mol. The molecule has 4 rings (SSSR count). The number of carbonyl (C=O) groups excluding carboxylic acids is 1. The molecule has 0 atom stereocenters. The molecule has 0 saturated heterocycles. The van der Waals surface area contributed by atoms with Crippen molar-refractivity contribution >= 4 is 56.5 Å². The third-order valence-electron chi connectivity index (χ3n) is 4.41. The maximum absolute atomic E-state index is 13.4. The Hall–Kier alpha value is -2.63. The number of nitrogens with zero attached hydrogens (tertiary/aromatic N) is 5. The number of alkyl halides is 3. The first-order chi connectivity index (χ1) is 15.0. The van der Waals surface area contributed by atoms with Crippen LogP contribution in [-0.2, 0) is 12.7 Å². The van der Waals surface area contributed by atoms with Gasteiger partial charge in [0.1, 0.15) is 10.7 Å². The molecule has 0 bridgehead atoms. The lowest BCUT2D eigenvalue weighted by Crippen LogP contribution is -2.16. The topological polar surface area (TPSA) is 77.1 Å². The Labute approximate surface area is 197 Å². The number of fused-ring (bicyclic) bond motifs is 1. The van der Waals surface area contributed by atoms with Crippen molar-refractivity contribution in [2.24, 2.45) is 0 Å². The van der Waals surface area contributed by atoms with Crippen LogP contribution in [0.25, 0.3) is 5.65 Å². The molecule has 0 aliphatic heterocycles. The zero-order chi connectivity index (χ0) is 23.2. The molecule has 0 spiro atoms. The maximum Gasteiger partial charge on any atom is 0.433 e. The number of halogens is 6. The molecule has 0 radical (unpaired) electrons. The van der Waals surface area contributed by atoms with Crippen LogP contribution in [0.15, 0.2) is 41.0 Å². The lowest BCUT2D eigenvalue weighted by Gasteiger charge is -2.09. The average molecular weight is 548 g/mol. The fraction of sp³-hybridized carbons (Fsp3) is 0.158. The number of rotatable bonds is 4. The SMILES string of the molecule is Cc1cc(C(F)(F)F)n2nc(C(=O)Nc3nn(Cc4ccccc4Cl)cc3Br)c(Cl)c2n1. The van der Waals surface area contributed by atoms with E-state index in [-0.39, 0.29) is 22.2 Å². The smallest absolute Gasteiger partial charge is 0.303 e. The van der Waals surface area contributed by atoms with Crippen LogP contribution in [0.5, 0.6) is 0 Å². The molecular formula is C19H12BrCl2F3N6O. The van der Waals surface area contributed by atoms with Crippen LogP contribution < -0.4 is 5.32 Å². The first-order valence-electron chi connectivity index (χ1n) is 8.95. The van der Waals surface area contributed by atoms with Gasteiger partial charge in [-0.3, -0.25) is 9.48 Å². The Kier molecular flexibility index (Phi) is 5.91. The van der Waals surface area contributed by atoms with Gasteiger partial charge in [-0.05, 0) is 40.5 Å². The minimum Gasteiger partial charge on any atom is -0.303 e. The zero-order valence-corrected chi connectivity index (χ0v) is 19.2. The Morgan fingerprint density at radius 2 is 1.94 bits per heavy atom. The van der Waals surface area contributed by atoms with E-state index in [1.54, 1.807) is 23.0 Å². The van der Waals surface area contributed by atoms with Crippen molar-refractivity contribution < 1.29 is 18.0 Å². The second-order valence-electron chi connectivity index (χ2n) is 6.75. The summed E-state index contributed by atoms with van der Waals surface area (Å²) in [6.45, 7) is 1.72. The van der Waals surface area contributed by atoms with E-state index in [1.165, 1.54) is 6.92 Å². The number of amides is 1. The molecule has 0 aliphatic carbocycles. The fourth-order valence-electron chi connectivity index (χ4n) is 2.99. The number of hydrogen-bond acceptors (Lipinski definition) is 4. The van der Waals surface area contributed by atoms with Gasteiger partial charge in [0.25, 0.3) is 5.91 Å². The minimum atomic E-state index is -4.71. The van der Waals surface area contributed by atoms with Crippen LogP contribution in [0.4, 0.5) is 19.0 Å². The van der Waals surface area contributed by atoms with Crippen molar-refractivity contribution in [2.45, 2.75) is 19.6 Å². The number of aryl methyl sites for hydroxylation is 1. The van der Waals surface area contributed by atoms with Crippen LogP contribution in [-0.4, -0.2) is 30.3 Å². The quantitative estimate of drug-likeness (QED) is 0.359. The van der Waals surface area contributed by atoms with Crippen LogP contribution in [0.2, 0.25) is 10.0 Å². The fourth-order valence-corrected chi connectivity index (χ4v) is 3.85.